The molecule has 2 aliphatic rings. The molecule has 2 aliphatic heterocycles. The lowest BCUT2D eigenvalue weighted by Crippen LogP contribution is -2.46. The molecule has 0 aromatic heterocycles. The van der Waals surface area contributed by atoms with E-state index in [1.54, 1.807) is 30.3 Å². The van der Waals surface area contributed by atoms with Gasteiger partial charge in [-0.3, -0.25) is 9.59 Å². The van der Waals surface area contributed by atoms with Crippen LogP contribution in [0.5, 0.6) is 0 Å². The number of hydrogen-bond acceptors (Lipinski definition) is 4. The molecule has 2 fully saturated rings. The summed E-state index contributed by atoms with van der Waals surface area (Å²) in [7, 11) is 0. The van der Waals surface area contributed by atoms with Crippen LogP contribution >= 0.6 is 0 Å². The highest BCUT2D eigenvalue weighted by Gasteiger charge is 2.81. The van der Waals surface area contributed by atoms with Crippen molar-refractivity contribution < 1.29 is 19.4 Å². The summed E-state index contributed by atoms with van der Waals surface area (Å²) in [6.07, 6.45) is -0.956. The van der Waals surface area contributed by atoms with Crippen LogP contribution in [-0.2, 0) is 20.1 Å². The zero-order chi connectivity index (χ0) is 12.3. The summed E-state index contributed by atoms with van der Waals surface area (Å²) in [4.78, 5) is 22.9. The number of epoxide rings is 1. The number of ether oxygens (including phenoxy) is 1. The molecule has 2 heterocycles. The molecule has 1 unspecified atom stereocenters. The van der Waals surface area contributed by atoms with Gasteiger partial charge in [-0.15, -0.1) is 0 Å². The smallest absolute Gasteiger partial charge is 0.267 e. The normalized spacial score (nSPS) is 38.4. The van der Waals surface area contributed by atoms with Crippen LogP contribution in [0.3, 0.4) is 0 Å². The first-order valence-electron chi connectivity index (χ1n) is 5.10. The summed E-state index contributed by atoms with van der Waals surface area (Å²) < 4.78 is 5.05. The monoisotopic (exact) mass is 234 g/mol. The van der Waals surface area contributed by atoms with Crippen LogP contribution in [-0.4, -0.2) is 28.6 Å². The van der Waals surface area contributed by atoms with Gasteiger partial charge in [0, 0.05) is 5.56 Å². The van der Waals surface area contributed by atoms with Gasteiger partial charge in [0.2, 0.25) is 0 Å². The fourth-order valence-corrected chi connectivity index (χ4v) is 2.25. The molecule has 1 aromatic rings. The van der Waals surface area contributed by atoms with Crippen molar-refractivity contribution in [3.63, 3.8) is 0 Å². The van der Waals surface area contributed by atoms with E-state index in [2.05, 4.69) is 5.32 Å². The summed E-state index contributed by atoms with van der Waals surface area (Å²) in [5, 5.41) is 12.8. The zero-order valence-corrected chi connectivity index (χ0v) is 8.71. The number of rotatable bonds is 2. The fourth-order valence-electron chi connectivity index (χ4n) is 2.25. The molecule has 1 aromatic carbocycles. The molecule has 2 amide bonds. The first kappa shape index (κ1) is 10.2. The van der Waals surface area contributed by atoms with Crippen LogP contribution < -0.4 is 11.1 Å². The number of fused-ring (bicyclic) bond motifs is 1. The first-order chi connectivity index (χ1) is 8.02. The summed E-state index contributed by atoms with van der Waals surface area (Å²) in [5.41, 5.74) is 2.19. The van der Waals surface area contributed by atoms with Gasteiger partial charge in [0.15, 0.2) is 11.8 Å². The van der Waals surface area contributed by atoms with Gasteiger partial charge in [0.05, 0.1) is 0 Å². The number of carbonyl (C=O) groups is 2. The van der Waals surface area contributed by atoms with E-state index in [0.717, 1.165) is 0 Å². The Hall–Kier alpha value is -1.92. The molecule has 0 aliphatic carbocycles. The van der Waals surface area contributed by atoms with Crippen molar-refractivity contribution in [1.82, 2.24) is 5.32 Å². The van der Waals surface area contributed by atoms with Crippen LogP contribution in [0.1, 0.15) is 5.56 Å². The zero-order valence-electron chi connectivity index (χ0n) is 8.71. The second-order valence-electron chi connectivity index (χ2n) is 4.18. The molecule has 17 heavy (non-hydrogen) atoms. The number of amides is 2. The van der Waals surface area contributed by atoms with E-state index in [4.69, 9.17) is 10.5 Å². The Morgan fingerprint density at radius 2 is 2.06 bits per heavy atom. The largest absolute Gasteiger partial charge is 0.367 e. The number of hydrogen-bond donors (Lipinski definition) is 3. The third-order valence-corrected chi connectivity index (χ3v) is 3.22. The minimum absolute atomic E-state index is 0.457. The highest BCUT2D eigenvalue weighted by atomic mass is 16.6. The lowest BCUT2D eigenvalue weighted by atomic mass is 9.96. The lowest BCUT2D eigenvalue weighted by molar-refractivity contribution is -0.139. The summed E-state index contributed by atoms with van der Waals surface area (Å²) in [5.74, 6) is -1.58. The fraction of sp³-hybridized carbons (Fsp3) is 0.273. The number of benzene rings is 1. The SMILES string of the molecule is NC(=O)[C@]12O[C@H]1C(O)(c1ccccc1)NC2=O. The van der Waals surface area contributed by atoms with Crippen LogP contribution in [0.4, 0.5) is 0 Å². The van der Waals surface area contributed by atoms with Gasteiger partial charge >= 0.3 is 0 Å². The van der Waals surface area contributed by atoms with Gasteiger partial charge in [-0.25, -0.2) is 0 Å². The molecular formula is C11H10N2O4. The van der Waals surface area contributed by atoms with E-state index >= 15 is 0 Å². The predicted molar refractivity (Wildman–Crippen MR) is 55.3 cm³/mol. The Kier molecular flexibility index (Phi) is 1.72. The topological polar surface area (TPSA) is 105 Å². The van der Waals surface area contributed by atoms with E-state index in [0.29, 0.717) is 5.56 Å². The Morgan fingerprint density at radius 3 is 2.53 bits per heavy atom. The molecule has 0 radical (unpaired) electrons. The number of nitrogens with two attached hydrogens (primary N) is 1. The van der Waals surface area contributed by atoms with Crippen LogP contribution in [0.25, 0.3) is 0 Å². The van der Waals surface area contributed by atoms with Crippen molar-refractivity contribution in [2.75, 3.05) is 0 Å². The summed E-state index contributed by atoms with van der Waals surface area (Å²) in [6.45, 7) is 0. The average Bonchev–Trinajstić information content (AvgIpc) is 3.02. The number of nitrogens with one attached hydrogen (secondary N) is 1. The molecular weight excluding hydrogens is 224 g/mol. The van der Waals surface area contributed by atoms with Crippen molar-refractivity contribution in [3.8, 4) is 0 Å². The van der Waals surface area contributed by atoms with Crippen LogP contribution in [0.2, 0.25) is 0 Å². The lowest BCUT2D eigenvalue weighted by Gasteiger charge is -2.23. The van der Waals surface area contributed by atoms with Gasteiger partial charge < -0.3 is 20.9 Å². The second kappa shape index (κ2) is 2.85. The third-order valence-electron chi connectivity index (χ3n) is 3.22. The molecule has 0 bridgehead atoms. The highest BCUT2D eigenvalue weighted by molar-refractivity contribution is 6.14. The Labute approximate surface area is 96.4 Å². The van der Waals surface area contributed by atoms with Crippen molar-refractivity contribution in [2.24, 2.45) is 5.73 Å². The molecule has 6 nitrogen and oxygen atoms in total. The van der Waals surface area contributed by atoms with E-state index in [9.17, 15) is 14.7 Å². The molecule has 0 saturated carbocycles. The van der Waals surface area contributed by atoms with Crippen molar-refractivity contribution in [3.05, 3.63) is 35.9 Å². The number of aliphatic hydroxyl groups is 1. The molecule has 2 saturated heterocycles. The predicted octanol–water partition coefficient (Wildman–Crippen LogP) is -1.42. The number of carbonyl (C=O) groups excluding carboxylic acids is 2. The molecule has 88 valence electrons. The Balaban J connectivity index is 2.04. The third kappa shape index (κ3) is 1.06. The van der Waals surface area contributed by atoms with Gasteiger partial charge in [0.25, 0.3) is 17.4 Å². The summed E-state index contributed by atoms with van der Waals surface area (Å²) >= 11 is 0. The van der Waals surface area contributed by atoms with E-state index in [1.165, 1.54) is 0 Å². The molecule has 4 N–H and O–H groups in total. The molecule has 3 rings (SSSR count). The van der Waals surface area contributed by atoms with Crippen molar-refractivity contribution in [2.45, 2.75) is 17.4 Å². The molecule has 0 spiro atoms. The van der Waals surface area contributed by atoms with Gasteiger partial charge in [-0.1, -0.05) is 30.3 Å². The van der Waals surface area contributed by atoms with Crippen molar-refractivity contribution >= 4 is 11.8 Å². The Bertz CT molecular complexity index is 517. The maximum atomic E-state index is 11.7. The second-order valence-corrected chi connectivity index (χ2v) is 4.18. The van der Waals surface area contributed by atoms with Crippen molar-refractivity contribution in [1.29, 1.82) is 0 Å². The van der Waals surface area contributed by atoms with E-state index in [1.807, 2.05) is 0 Å². The Morgan fingerprint density at radius 1 is 1.41 bits per heavy atom. The standard InChI is InChI=1S/C11H10N2O4/c12-8(14)10-7(17-10)11(16,13-9(10)15)6-4-2-1-3-5-6/h1-5,7,16H,(H2,12,14)(H,13,15)/t7-,10-,11?/m1/s1. The average molecular weight is 234 g/mol. The summed E-state index contributed by atoms with van der Waals surface area (Å²) in [6, 6.07) is 8.48. The molecule has 3 atom stereocenters. The minimum Gasteiger partial charge on any atom is -0.367 e. The van der Waals surface area contributed by atoms with Gasteiger partial charge in [-0.05, 0) is 0 Å². The quantitative estimate of drug-likeness (QED) is 0.431. The van der Waals surface area contributed by atoms with E-state index < -0.39 is 29.2 Å². The number of primary amides is 1. The number of morpholine rings is 1. The van der Waals surface area contributed by atoms with E-state index in [-0.39, 0.29) is 0 Å². The van der Waals surface area contributed by atoms with Gasteiger partial charge in [0.1, 0.15) is 0 Å². The maximum absolute atomic E-state index is 11.7. The van der Waals surface area contributed by atoms with Crippen LogP contribution in [0.15, 0.2) is 30.3 Å². The molecule has 6 heteroatoms. The minimum atomic E-state index is -1.70. The highest BCUT2D eigenvalue weighted by Crippen LogP contribution is 2.51. The van der Waals surface area contributed by atoms with Gasteiger partial charge in [-0.2, -0.15) is 0 Å². The van der Waals surface area contributed by atoms with Crippen LogP contribution in [0, 0.1) is 0 Å². The first-order valence-corrected chi connectivity index (χ1v) is 5.10. The maximum Gasteiger partial charge on any atom is 0.267 e.